The molecule has 0 saturated heterocycles. The first kappa shape index (κ1) is 14.3. The van der Waals surface area contributed by atoms with Gasteiger partial charge in [-0.15, -0.1) is 10.2 Å². The predicted molar refractivity (Wildman–Crippen MR) is 57.5 cm³/mol. The first-order valence-corrected chi connectivity index (χ1v) is 7.31. The third-order valence-corrected chi connectivity index (χ3v) is 3.31. The van der Waals surface area contributed by atoms with Crippen molar-refractivity contribution in [3.05, 3.63) is 5.82 Å². The fraction of sp³-hybridized carbons (Fsp3) is 0.750. The van der Waals surface area contributed by atoms with Crippen LogP contribution in [0.1, 0.15) is 32.5 Å². The highest BCUT2D eigenvalue weighted by molar-refractivity contribution is 8.13. The molecule has 1 aromatic rings. The standard InChI is InChI=1S/C8H12ClF2N3O2S/c1-3-5-14-6(8(10,11)4-2)12-13-7(14)17(9,15)16/h3-5H2,1-2H3. The van der Waals surface area contributed by atoms with Crippen molar-refractivity contribution < 1.29 is 17.2 Å². The fourth-order valence-corrected chi connectivity index (χ4v) is 2.24. The molecule has 0 aliphatic carbocycles. The van der Waals surface area contributed by atoms with Gasteiger partial charge in [-0.05, 0) is 6.42 Å². The number of hydrogen-bond donors (Lipinski definition) is 0. The molecule has 5 nitrogen and oxygen atoms in total. The van der Waals surface area contributed by atoms with E-state index in [2.05, 4.69) is 10.2 Å². The van der Waals surface area contributed by atoms with Crippen molar-refractivity contribution in [1.82, 2.24) is 14.8 Å². The van der Waals surface area contributed by atoms with Crippen LogP contribution >= 0.6 is 10.7 Å². The summed E-state index contributed by atoms with van der Waals surface area (Å²) >= 11 is 0. The maximum Gasteiger partial charge on any atom is 0.306 e. The molecule has 0 fully saturated rings. The maximum absolute atomic E-state index is 13.5. The van der Waals surface area contributed by atoms with Crippen molar-refractivity contribution in [2.45, 2.75) is 44.3 Å². The first-order valence-electron chi connectivity index (χ1n) is 5.00. The quantitative estimate of drug-likeness (QED) is 0.778. The van der Waals surface area contributed by atoms with E-state index in [4.69, 9.17) is 10.7 Å². The predicted octanol–water partition coefficient (Wildman–Crippen LogP) is 2.12. The highest BCUT2D eigenvalue weighted by Crippen LogP contribution is 2.31. The zero-order valence-electron chi connectivity index (χ0n) is 9.32. The van der Waals surface area contributed by atoms with Gasteiger partial charge in [-0.3, -0.25) is 4.57 Å². The Hall–Kier alpha value is -0.760. The van der Waals surface area contributed by atoms with E-state index in [1.807, 2.05) is 0 Å². The van der Waals surface area contributed by atoms with E-state index in [9.17, 15) is 17.2 Å². The summed E-state index contributed by atoms with van der Waals surface area (Å²) in [6.07, 6.45) is -0.0264. The molecule has 0 saturated carbocycles. The Bertz CT molecular complexity index is 501. The van der Waals surface area contributed by atoms with Crippen LogP contribution in [0.15, 0.2) is 5.16 Å². The van der Waals surface area contributed by atoms with Crippen molar-refractivity contribution in [2.24, 2.45) is 0 Å². The topological polar surface area (TPSA) is 64.8 Å². The van der Waals surface area contributed by atoms with E-state index in [1.165, 1.54) is 6.92 Å². The Balaban J connectivity index is 3.40. The molecule has 17 heavy (non-hydrogen) atoms. The third kappa shape index (κ3) is 2.92. The fourth-order valence-electron chi connectivity index (χ4n) is 1.32. The molecule has 1 rings (SSSR count). The second kappa shape index (κ2) is 4.85. The van der Waals surface area contributed by atoms with Crippen molar-refractivity contribution in [1.29, 1.82) is 0 Å². The van der Waals surface area contributed by atoms with Crippen LogP contribution in [0.3, 0.4) is 0 Å². The van der Waals surface area contributed by atoms with Gasteiger partial charge in [-0.25, -0.2) is 8.42 Å². The maximum atomic E-state index is 13.5. The Labute approximate surface area is 102 Å². The van der Waals surface area contributed by atoms with Gasteiger partial charge in [-0.1, -0.05) is 13.8 Å². The Kier molecular flexibility index (Phi) is 4.08. The van der Waals surface area contributed by atoms with E-state index in [-0.39, 0.29) is 6.54 Å². The molecule has 0 bridgehead atoms. The number of alkyl halides is 2. The van der Waals surface area contributed by atoms with Gasteiger partial charge in [0, 0.05) is 23.6 Å². The summed E-state index contributed by atoms with van der Waals surface area (Å²) in [5.74, 6) is -3.89. The van der Waals surface area contributed by atoms with Gasteiger partial charge in [0.1, 0.15) is 0 Å². The van der Waals surface area contributed by atoms with Crippen LogP contribution in [0, 0.1) is 0 Å². The summed E-state index contributed by atoms with van der Waals surface area (Å²) in [7, 11) is 0.935. The van der Waals surface area contributed by atoms with Gasteiger partial charge in [0.2, 0.25) is 5.82 Å². The molecule has 1 heterocycles. The van der Waals surface area contributed by atoms with Gasteiger partial charge in [0.15, 0.2) is 0 Å². The monoisotopic (exact) mass is 287 g/mol. The second-order valence-corrected chi connectivity index (χ2v) is 5.91. The van der Waals surface area contributed by atoms with Gasteiger partial charge < -0.3 is 0 Å². The van der Waals surface area contributed by atoms with Crippen LogP contribution in [0.5, 0.6) is 0 Å². The zero-order valence-corrected chi connectivity index (χ0v) is 10.9. The minimum atomic E-state index is -4.18. The summed E-state index contributed by atoms with van der Waals surface area (Å²) in [6, 6.07) is 0. The molecular weight excluding hydrogens is 276 g/mol. The Morgan fingerprint density at radius 2 is 1.94 bits per heavy atom. The lowest BCUT2D eigenvalue weighted by atomic mass is 10.2. The summed E-state index contributed by atoms with van der Waals surface area (Å²) in [6.45, 7) is 3.07. The minimum Gasteiger partial charge on any atom is -0.296 e. The number of aromatic nitrogens is 3. The average Bonchev–Trinajstić information content (AvgIpc) is 2.62. The van der Waals surface area contributed by atoms with Crippen LogP contribution in [0.4, 0.5) is 8.78 Å². The summed E-state index contributed by atoms with van der Waals surface area (Å²) in [5, 5.41) is 5.84. The van der Waals surface area contributed by atoms with Crippen molar-refractivity contribution in [3.63, 3.8) is 0 Å². The lowest BCUT2D eigenvalue weighted by molar-refractivity contribution is -0.0218. The molecule has 0 radical (unpaired) electrons. The second-order valence-electron chi connectivity index (χ2n) is 3.45. The molecule has 0 amide bonds. The van der Waals surface area contributed by atoms with E-state index in [0.717, 1.165) is 4.57 Å². The highest BCUT2D eigenvalue weighted by atomic mass is 35.7. The molecule has 0 aliphatic heterocycles. The molecule has 9 heteroatoms. The number of hydrogen-bond acceptors (Lipinski definition) is 4. The van der Waals surface area contributed by atoms with Crippen LogP contribution in [0.25, 0.3) is 0 Å². The number of nitrogens with zero attached hydrogens (tertiary/aromatic N) is 3. The molecule has 0 spiro atoms. The van der Waals surface area contributed by atoms with E-state index in [0.29, 0.717) is 6.42 Å². The van der Waals surface area contributed by atoms with Crippen molar-refractivity contribution in [2.75, 3.05) is 0 Å². The molecule has 98 valence electrons. The van der Waals surface area contributed by atoms with Crippen molar-refractivity contribution >= 4 is 19.7 Å². The summed E-state index contributed by atoms with van der Waals surface area (Å²) in [5.41, 5.74) is 0. The van der Waals surface area contributed by atoms with E-state index < -0.39 is 32.4 Å². The van der Waals surface area contributed by atoms with Gasteiger partial charge in [0.05, 0.1) is 0 Å². The van der Waals surface area contributed by atoms with Crippen molar-refractivity contribution in [3.8, 4) is 0 Å². The zero-order chi connectivity index (χ0) is 13.3. The van der Waals surface area contributed by atoms with Crippen LogP contribution in [-0.2, 0) is 21.5 Å². The molecule has 0 atom stereocenters. The minimum absolute atomic E-state index is 0.0687. The first-order chi connectivity index (χ1) is 7.74. The molecule has 0 aliphatic rings. The van der Waals surface area contributed by atoms with Crippen LogP contribution in [-0.4, -0.2) is 23.2 Å². The number of rotatable bonds is 5. The smallest absolute Gasteiger partial charge is 0.296 e. The lowest BCUT2D eigenvalue weighted by Gasteiger charge is -2.14. The summed E-state index contributed by atoms with van der Waals surface area (Å²) in [4.78, 5) is 0. The Morgan fingerprint density at radius 1 is 1.35 bits per heavy atom. The largest absolute Gasteiger partial charge is 0.306 e. The van der Waals surface area contributed by atoms with Gasteiger partial charge >= 0.3 is 5.92 Å². The summed E-state index contributed by atoms with van der Waals surface area (Å²) < 4.78 is 50.2. The van der Waals surface area contributed by atoms with Gasteiger partial charge in [0.25, 0.3) is 14.2 Å². The Morgan fingerprint density at radius 3 is 2.35 bits per heavy atom. The third-order valence-electron chi connectivity index (χ3n) is 2.15. The molecule has 0 aromatic carbocycles. The molecule has 1 aromatic heterocycles. The van der Waals surface area contributed by atoms with Crippen LogP contribution < -0.4 is 0 Å². The lowest BCUT2D eigenvalue weighted by Crippen LogP contribution is -2.20. The number of halogens is 3. The molecule has 0 unspecified atom stereocenters. The molecular formula is C8H12ClF2N3O2S. The van der Waals surface area contributed by atoms with Crippen LogP contribution in [0.2, 0.25) is 0 Å². The normalized spacial score (nSPS) is 13.0. The SMILES string of the molecule is CCCn1c(C(F)(F)CC)nnc1S(=O)(=O)Cl. The van der Waals surface area contributed by atoms with E-state index in [1.54, 1.807) is 6.92 Å². The highest BCUT2D eigenvalue weighted by Gasteiger charge is 2.38. The molecule has 0 N–H and O–H groups in total. The average molecular weight is 288 g/mol. The van der Waals surface area contributed by atoms with Gasteiger partial charge in [-0.2, -0.15) is 8.78 Å². The van der Waals surface area contributed by atoms with E-state index >= 15 is 0 Å².